The number of carbonyl (C=O) groups excluding carboxylic acids is 16. The topological polar surface area (TPSA) is 412 Å². The minimum Gasteiger partial charge on any atom is -0.465 e. The summed E-state index contributed by atoms with van der Waals surface area (Å²) < 4.78 is 84.2. The van der Waals surface area contributed by atoms with Gasteiger partial charge in [0.05, 0.1) is 140 Å². The van der Waals surface area contributed by atoms with Gasteiger partial charge in [-0.05, 0) is 91.0 Å². The van der Waals surface area contributed by atoms with Crippen LogP contribution in [0.5, 0.6) is 0 Å². The van der Waals surface area contributed by atoms with Crippen molar-refractivity contribution in [1.82, 2.24) is 0 Å². The number of hydrogen-bond donors (Lipinski definition) is 0. The van der Waals surface area contributed by atoms with Crippen molar-refractivity contribution in [1.29, 1.82) is 0 Å². The molecule has 31 nitrogen and oxygen atoms in total. The number of methoxy groups -OCH3 is 8. The summed E-state index contributed by atoms with van der Waals surface area (Å²) in [5, 5.41) is 0. The van der Waals surface area contributed by atoms with E-state index in [1.165, 1.54) is 97.1 Å². The molecule has 0 aromatic heterocycles. The van der Waals surface area contributed by atoms with E-state index in [9.17, 15) is 47.9 Å². The molecular weight excluding hydrogens is 1470 g/mol. The van der Waals surface area contributed by atoms with Gasteiger partial charge >= 0.3 is 89.5 Å². The summed E-state index contributed by atoms with van der Waals surface area (Å²) >= 11 is 0. The first kappa shape index (κ1) is 83.1. The van der Waals surface area contributed by atoms with E-state index < -0.39 is 240 Å². The number of esters is 15. The first-order chi connectivity index (χ1) is 53.9. The molecule has 0 amide bonds. The quantitative estimate of drug-likeness (QED) is 0.0215. The van der Waals surface area contributed by atoms with Crippen LogP contribution < -0.4 is 0 Å². The molecule has 0 fully saturated rings. The third-order valence-corrected chi connectivity index (χ3v) is 16.8. The van der Waals surface area contributed by atoms with Crippen molar-refractivity contribution in [2.75, 3.05) is 70.1 Å². The fourth-order valence-electron chi connectivity index (χ4n) is 11.4. The largest absolute Gasteiger partial charge is 0.465 e. The number of Topliss-reactive ketones (excluding diaryl/α,β-unsaturated/α-hetero) is 1. The molecule has 8 rings (SSSR count). The van der Waals surface area contributed by atoms with Gasteiger partial charge in [0.15, 0.2) is 24.1 Å². The third kappa shape index (κ3) is 19.8. The van der Waals surface area contributed by atoms with Crippen LogP contribution in [0, 0.1) is 5.92 Å². The predicted octanol–water partition coefficient (Wildman–Crippen LogP) is 9.01. The van der Waals surface area contributed by atoms with Crippen LogP contribution in [0.2, 0.25) is 0 Å². The van der Waals surface area contributed by atoms with Crippen molar-refractivity contribution in [2.24, 2.45) is 5.92 Å². The summed E-state index contributed by atoms with van der Waals surface area (Å²) in [5.41, 5.74) is -9.55. The molecule has 0 aliphatic heterocycles. The van der Waals surface area contributed by atoms with Crippen LogP contribution in [0.15, 0.2) is 194 Å². The molecule has 6 atom stereocenters. The summed E-state index contributed by atoms with van der Waals surface area (Å²) in [7, 11) is 7.60. The van der Waals surface area contributed by atoms with Gasteiger partial charge in [-0.3, -0.25) is 4.79 Å². The molecule has 0 N–H and O–H groups in total. The molecule has 0 bridgehead atoms. The average molecular weight is 1540 g/mol. The number of ether oxygens (including phenoxy) is 15. The number of ketones is 1. The van der Waals surface area contributed by atoms with Gasteiger partial charge in [0.2, 0.25) is 0 Å². The molecule has 0 aliphatic carbocycles. The van der Waals surface area contributed by atoms with Crippen LogP contribution in [-0.2, 0) is 71.1 Å². The summed E-state index contributed by atoms with van der Waals surface area (Å²) in [5.74, 6) is -24.8. The molecule has 0 saturated carbocycles. The SMILES string of the molecule is COC(=O)c1ccccc1C(=O)CC(C(OC(=O)c1ccccc1C(=O)OC)C(COC(=O)c1ccccc1C(=O)OC)OC(=O)c1ccccc1C(=O)OC)C(OC(=O)c1ccccc1C(=O)OC)C(OC(=O)c1ccccc1C(=O)OC)C(COC(=O)c1ccccc1C(=O)OC)OC(=O)c1ccccc1C(=O)OC. The van der Waals surface area contributed by atoms with Gasteiger partial charge in [-0.2, -0.15) is 0 Å². The predicted molar refractivity (Wildman–Crippen MR) is 381 cm³/mol. The van der Waals surface area contributed by atoms with Gasteiger partial charge in [0.25, 0.3) is 0 Å². The molecule has 8 aromatic carbocycles. The number of carbonyl (C=O) groups is 16. The van der Waals surface area contributed by atoms with Crippen LogP contribution in [-0.4, -0.2) is 196 Å². The number of benzene rings is 8. The fraction of sp³-hybridized carbons (Fsp3) is 0.210. The number of hydrogen-bond acceptors (Lipinski definition) is 31. The molecule has 8 aromatic rings. The highest BCUT2D eigenvalue weighted by Crippen LogP contribution is 2.36. The Morgan fingerprint density at radius 1 is 0.205 bits per heavy atom. The highest BCUT2D eigenvalue weighted by molar-refractivity contribution is 6.09. The Hall–Kier alpha value is -14.5. The van der Waals surface area contributed by atoms with Crippen molar-refractivity contribution >= 4 is 95.3 Å². The first-order valence-electron chi connectivity index (χ1n) is 33.2. The van der Waals surface area contributed by atoms with Crippen LogP contribution in [0.3, 0.4) is 0 Å². The highest BCUT2D eigenvalue weighted by Gasteiger charge is 2.52. The van der Waals surface area contributed by atoms with Gasteiger partial charge in [-0.1, -0.05) is 103 Å². The molecule has 578 valence electrons. The molecule has 31 heteroatoms. The second kappa shape index (κ2) is 39.4. The molecule has 6 unspecified atom stereocenters. The van der Waals surface area contributed by atoms with Gasteiger partial charge < -0.3 is 71.1 Å². The van der Waals surface area contributed by atoms with E-state index in [-0.39, 0.29) is 0 Å². The maximum absolute atomic E-state index is 16.3. The monoisotopic (exact) mass is 1540 g/mol. The van der Waals surface area contributed by atoms with E-state index in [0.717, 1.165) is 154 Å². The fourth-order valence-corrected chi connectivity index (χ4v) is 11.4. The lowest BCUT2D eigenvalue weighted by Gasteiger charge is -2.40. The molecule has 0 saturated heterocycles. The lowest BCUT2D eigenvalue weighted by molar-refractivity contribution is -0.144. The zero-order valence-corrected chi connectivity index (χ0v) is 60.7. The second-order valence-electron chi connectivity index (χ2n) is 23.3. The minimum atomic E-state index is -3.00. The Labute approximate surface area is 636 Å². The van der Waals surface area contributed by atoms with E-state index in [2.05, 4.69) is 0 Å². The standard InChI is InChI=1S/C81H68O31/c1-98-67(83)45-26-10-9-25-44(45)61(82)41-60(64(110-79(95)57-38-22-15-31-50(57)72(88)103-6)62(108-77(93)55-36-20-13-29-48(55)70(86)101-4)42-106-75(91)53-34-18-11-27-46(53)68(84)99-2)65(111-80(96)58-39-23-16-32-51(58)73(89)104-7)66(112-81(97)59-40-24-17-33-52(59)74(90)105-8)63(109-78(94)56-37-21-14-30-49(56)71(87)102-5)43-107-76(92)54-35-19-12-28-47(54)69(85)100-3/h9-40,60,62-66H,41-43H2,1-8H3. The first-order valence-corrected chi connectivity index (χ1v) is 33.2. The zero-order valence-electron chi connectivity index (χ0n) is 60.7. The Balaban J connectivity index is 1.59. The Kier molecular flexibility index (Phi) is 29.2. The Bertz CT molecular complexity index is 4650. The van der Waals surface area contributed by atoms with Crippen LogP contribution in [0.4, 0.5) is 0 Å². The van der Waals surface area contributed by atoms with Crippen LogP contribution >= 0.6 is 0 Å². The normalized spacial score (nSPS) is 12.2. The van der Waals surface area contributed by atoms with E-state index in [4.69, 9.17) is 71.1 Å². The van der Waals surface area contributed by atoms with Crippen molar-refractivity contribution in [3.8, 4) is 0 Å². The van der Waals surface area contributed by atoms with Gasteiger partial charge in [0.1, 0.15) is 25.4 Å². The molecular formula is C81H68O31. The zero-order chi connectivity index (χ0) is 81.3. The van der Waals surface area contributed by atoms with Gasteiger partial charge in [0, 0.05) is 17.9 Å². The van der Waals surface area contributed by atoms with E-state index >= 15 is 28.8 Å². The maximum atomic E-state index is 16.3. The lowest BCUT2D eigenvalue weighted by Crippen LogP contribution is -2.57. The van der Waals surface area contributed by atoms with E-state index in [0.29, 0.717) is 0 Å². The summed E-state index contributed by atoms with van der Waals surface area (Å²) in [4.78, 5) is 234. The maximum Gasteiger partial charge on any atom is 0.339 e. The van der Waals surface area contributed by atoms with Crippen molar-refractivity contribution in [2.45, 2.75) is 36.9 Å². The Morgan fingerprint density at radius 3 is 0.607 bits per heavy atom. The van der Waals surface area contributed by atoms with Crippen molar-refractivity contribution in [3.05, 3.63) is 283 Å². The van der Waals surface area contributed by atoms with Crippen LogP contribution in [0.1, 0.15) is 172 Å². The third-order valence-electron chi connectivity index (χ3n) is 16.8. The highest BCUT2D eigenvalue weighted by atomic mass is 16.6. The summed E-state index contributed by atoms with van der Waals surface area (Å²) in [6.07, 6.45) is -15.8. The van der Waals surface area contributed by atoms with E-state index in [1.807, 2.05) is 0 Å². The summed E-state index contributed by atoms with van der Waals surface area (Å²) in [6.45, 7) is -3.05. The van der Waals surface area contributed by atoms with Crippen LogP contribution in [0.25, 0.3) is 0 Å². The van der Waals surface area contributed by atoms with Crippen molar-refractivity contribution < 1.29 is 148 Å². The molecule has 0 radical (unpaired) electrons. The molecule has 0 aliphatic rings. The van der Waals surface area contributed by atoms with Gasteiger partial charge in [-0.15, -0.1) is 0 Å². The average Bonchev–Trinajstić information content (AvgIpc) is 0.771. The number of rotatable bonds is 32. The molecule has 0 heterocycles. The smallest absolute Gasteiger partial charge is 0.339 e. The molecule has 0 spiro atoms. The van der Waals surface area contributed by atoms with Gasteiger partial charge in [-0.25, -0.2) is 71.9 Å². The Morgan fingerprint density at radius 2 is 0.375 bits per heavy atom. The summed E-state index contributed by atoms with van der Waals surface area (Å²) in [6, 6.07) is 37.5. The van der Waals surface area contributed by atoms with Crippen molar-refractivity contribution in [3.63, 3.8) is 0 Å². The lowest BCUT2D eigenvalue weighted by atomic mass is 9.81. The minimum absolute atomic E-state index is 0.437. The molecule has 112 heavy (non-hydrogen) atoms. The van der Waals surface area contributed by atoms with E-state index in [1.54, 1.807) is 0 Å². The second-order valence-corrected chi connectivity index (χ2v) is 23.3.